The Bertz CT molecular complexity index is 1480. The quantitative estimate of drug-likeness (QED) is 0.250. The van der Waals surface area contributed by atoms with E-state index in [9.17, 15) is 18.0 Å². The molecule has 10 heteroatoms. The zero-order chi connectivity index (χ0) is 30.3. The first-order valence-corrected chi connectivity index (χ1v) is 15.8. The third-order valence-electron chi connectivity index (χ3n) is 7.02. The topological polar surface area (TPSA) is 86.8 Å². The molecule has 0 unspecified atom stereocenters. The summed E-state index contributed by atoms with van der Waals surface area (Å²) in [6.45, 7) is 8.81. The molecule has 0 aliphatic rings. The van der Waals surface area contributed by atoms with Gasteiger partial charge in [-0.1, -0.05) is 79.0 Å². The fourth-order valence-corrected chi connectivity index (χ4v) is 6.05. The largest absolute Gasteiger partial charge is 0.352 e. The number of hydrogen-bond donors (Lipinski definition) is 1. The number of nitrogens with zero attached hydrogens (tertiary/aromatic N) is 2. The Balaban J connectivity index is 2.10. The average molecular weight is 619 g/mol. The molecule has 0 aromatic heterocycles. The van der Waals surface area contributed by atoms with Gasteiger partial charge in [0.25, 0.3) is 10.0 Å². The van der Waals surface area contributed by atoms with Crippen LogP contribution >= 0.6 is 23.2 Å². The van der Waals surface area contributed by atoms with Crippen molar-refractivity contribution in [2.75, 3.05) is 10.8 Å². The van der Waals surface area contributed by atoms with E-state index in [2.05, 4.69) is 5.32 Å². The van der Waals surface area contributed by atoms with Crippen LogP contribution in [0.1, 0.15) is 50.3 Å². The smallest absolute Gasteiger partial charge is 0.264 e. The fraction of sp³-hybridized carbons (Fsp3) is 0.355. The molecule has 0 saturated carbocycles. The van der Waals surface area contributed by atoms with Crippen molar-refractivity contribution in [2.24, 2.45) is 0 Å². The highest BCUT2D eigenvalue weighted by Crippen LogP contribution is 2.29. The lowest BCUT2D eigenvalue weighted by Crippen LogP contribution is -2.53. The van der Waals surface area contributed by atoms with Crippen molar-refractivity contribution >= 4 is 50.7 Å². The minimum atomic E-state index is -4.19. The first kappa shape index (κ1) is 32.4. The highest BCUT2D eigenvalue weighted by atomic mass is 35.5. The van der Waals surface area contributed by atoms with Gasteiger partial charge in [-0.05, 0) is 75.1 Å². The minimum Gasteiger partial charge on any atom is -0.352 e. The number of carbonyl (C=O) groups is 2. The highest BCUT2D eigenvalue weighted by Gasteiger charge is 2.34. The molecule has 0 saturated heterocycles. The summed E-state index contributed by atoms with van der Waals surface area (Å²) in [6.07, 6.45) is 1.04. The van der Waals surface area contributed by atoms with Crippen LogP contribution in [0.5, 0.6) is 0 Å². The summed E-state index contributed by atoms with van der Waals surface area (Å²) >= 11 is 12.8. The first-order chi connectivity index (χ1) is 19.4. The molecule has 0 radical (unpaired) electrons. The van der Waals surface area contributed by atoms with E-state index in [0.717, 1.165) is 21.9 Å². The van der Waals surface area contributed by atoms with Crippen LogP contribution in [-0.2, 0) is 26.2 Å². The third-order valence-corrected chi connectivity index (χ3v) is 9.58. The van der Waals surface area contributed by atoms with Crippen molar-refractivity contribution in [3.05, 3.63) is 93.5 Å². The van der Waals surface area contributed by atoms with Crippen molar-refractivity contribution in [3.8, 4) is 0 Å². The summed E-state index contributed by atoms with van der Waals surface area (Å²) in [5, 5.41) is 3.77. The zero-order valence-electron chi connectivity index (χ0n) is 24.0. The summed E-state index contributed by atoms with van der Waals surface area (Å²) in [4.78, 5) is 29.0. The number of benzene rings is 3. The summed E-state index contributed by atoms with van der Waals surface area (Å²) in [7, 11) is -4.19. The van der Waals surface area contributed by atoms with Gasteiger partial charge in [-0.2, -0.15) is 0 Å². The van der Waals surface area contributed by atoms with E-state index >= 15 is 0 Å². The predicted octanol–water partition coefficient (Wildman–Crippen LogP) is 6.53. The van der Waals surface area contributed by atoms with Crippen LogP contribution in [0.4, 0.5) is 5.69 Å². The van der Waals surface area contributed by atoms with Gasteiger partial charge in [-0.15, -0.1) is 0 Å². The van der Waals surface area contributed by atoms with Gasteiger partial charge in [0.15, 0.2) is 0 Å². The second kappa shape index (κ2) is 14.2. The van der Waals surface area contributed by atoms with Crippen LogP contribution in [0.2, 0.25) is 10.0 Å². The first-order valence-electron chi connectivity index (χ1n) is 13.6. The SMILES string of the molecule is CC[C@H](C(=O)N[C@@H](C)CC)N(Cc1ccccc1Cl)C(=O)CN(c1ccc(C)c(Cl)c1)S(=O)(=O)c1ccc(C)cc1. The highest BCUT2D eigenvalue weighted by molar-refractivity contribution is 7.92. The summed E-state index contributed by atoms with van der Waals surface area (Å²) in [6, 6.07) is 17.4. The maximum atomic E-state index is 14.2. The Morgan fingerprint density at radius 2 is 1.56 bits per heavy atom. The molecule has 3 aromatic rings. The molecular formula is C31H37Cl2N3O4S. The van der Waals surface area contributed by atoms with E-state index in [-0.39, 0.29) is 29.1 Å². The van der Waals surface area contributed by atoms with Crippen LogP contribution in [0, 0.1) is 13.8 Å². The maximum Gasteiger partial charge on any atom is 0.264 e. The molecule has 0 fully saturated rings. The molecule has 0 heterocycles. The molecule has 0 aliphatic heterocycles. The van der Waals surface area contributed by atoms with Crippen LogP contribution < -0.4 is 9.62 Å². The molecule has 41 heavy (non-hydrogen) atoms. The molecule has 220 valence electrons. The normalized spacial score (nSPS) is 12.9. The van der Waals surface area contributed by atoms with Gasteiger partial charge in [0, 0.05) is 22.6 Å². The van der Waals surface area contributed by atoms with Crippen molar-refractivity contribution in [2.45, 2.75) is 71.0 Å². The van der Waals surface area contributed by atoms with Gasteiger partial charge in [-0.3, -0.25) is 13.9 Å². The molecule has 3 rings (SSSR count). The molecule has 2 amide bonds. The fourth-order valence-electron chi connectivity index (χ4n) is 4.27. The van der Waals surface area contributed by atoms with Gasteiger partial charge >= 0.3 is 0 Å². The minimum absolute atomic E-state index is 0.0258. The Morgan fingerprint density at radius 1 is 0.902 bits per heavy atom. The Hall–Kier alpha value is -3.07. The van der Waals surface area contributed by atoms with Crippen LogP contribution in [0.15, 0.2) is 71.6 Å². The van der Waals surface area contributed by atoms with E-state index in [0.29, 0.717) is 22.0 Å². The summed E-state index contributed by atoms with van der Waals surface area (Å²) in [5.74, 6) is -0.864. The standard InChI is InChI=1S/C31H37Cl2N3O4S/c1-6-23(5)34-31(38)29(7-2)35(19-24-10-8-9-11-27(24)32)30(37)20-36(25-15-14-22(4)28(33)18-25)41(39,40)26-16-12-21(3)13-17-26/h8-18,23,29H,6-7,19-20H2,1-5H3,(H,34,38)/t23-,29+/m0/s1. The zero-order valence-corrected chi connectivity index (χ0v) is 26.4. The third kappa shape index (κ3) is 8.03. The van der Waals surface area contributed by atoms with Crippen LogP contribution in [0.25, 0.3) is 0 Å². The molecule has 0 spiro atoms. The monoisotopic (exact) mass is 617 g/mol. The molecule has 2 atom stereocenters. The van der Waals surface area contributed by atoms with E-state index in [1.165, 1.54) is 23.1 Å². The van der Waals surface area contributed by atoms with E-state index in [1.54, 1.807) is 48.5 Å². The van der Waals surface area contributed by atoms with Gasteiger partial charge < -0.3 is 10.2 Å². The number of sulfonamides is 1. The van der Waals surface area contributed by atoms with Gasteiger partial charge in [-0.25, -0.2) is 8.42 Å². The lowest BCUT2D eigenvalue weighted by atomic mass is 10.1. The maximum absolute atomic E-state index is 14.2. The number of carbonyl (C=O) groups excluding carboxylic acids is 2. The molecular weight excluding hydrogens is 581 g/mol. The van der Waals surface area contributed by atoms with E-state index < -0.39 is 28.5 Å². The van der Waals surface area contributed by atoms with Gasteiger partial charge in [0.2, 0.25) is 11.8 Å². The Morgan fingerprint density at radius 3 is 2.15 bits per heavy atom. The number of rotatable bonds is 12. The average Bonchev–Trinajstić information content (AvgIpc) is 2.94. The van der Waals surface area contributed by atoms with Gasteiger partial charge in [0.05, 0.1) is 10.6 Å². The van der Waals surface area contributed by atoms with Crippen LogP contribution in [0.3, 0.4) is 0 Å². The second-order valence-corrected chi connectivity index (χ2v) is 12.8. The lowest BCUT2D eigenvalue weighted by molar-refractivity contribution is -0.140. The number of amides is 2. The number of nitrogens with one attached hydrogen (secondary N) is 1. The predicted molar refractivity (Wildman–Crippen MR) is 166 cm³/mol. The summed E-state index contributed by atoms with van der Waals surface area (Å²) in [5.41, 5.74) is 2.55. The van der Waals surface area contributed by atoms with Crippen molar-refractivity contribution in [1.82, 2.24) is 10.2 Å². The Kier molecular flexibility index (Phi) is 11.2. The van der Waals surface area contributed by atoms with Crippen molar-refractivity contribution < 1.29 is 18.0 Å². The number of anilines is 1. The van der Waals surface area contributed by atoms with Crippen LogP contribution in [-0.4, -0.2) is 43.8 Å². The molecule has 0 bridgehead atoms. The van der Waals surface area contributed by atoms with E-state index in [1.807, 2.05) is 34.6 Å². The number of hydrogen-bond acceptors (Lipinski definition) is 4. The van der Waals surface area contributed by atoms with E-state index in [4.69, 9.17) is 23.2 Å². The molecule has 0 aliphatic carbocycles. The van der Waals surface area contributed by atoms with Crippen molar-refractivity contribution in [1.29, 1.82) is 0 Å². The number of aryl methyl sites for hydroxylation is 2. The van der Waals surface area contributed by atoms with Gasteiger partial charge in [0.1, 0.15) is 12.6 Å². The summed E-state index contributed by atoms with van der Waals surface area (Å²) < 4.78 is 29.0. The lowest BCUT2D eigenvalue weighted by Gasteiger charge is -2.34. The molecule has 1 N–H and O–H groups in total. The molecule has 7 nitrogen and oxygen atoms in total. The molecule has 3 aromatic carbocycles. The second-order valence-electron chi connectivity index (χ2n) is 10.1. The van der Waals surface area contributed by atoms with Crippen molar-refractivity contribution in [3.63, 3.8) is 0 Å². The number of halogens is 2. The Labute approximate surface area is 253 Å².